The average molecular weight is 242 g/mol. The summed E-state index contributed by atoms with van der Waals surface area (Å²) >= 11 is 0. The Morgan fingerprint density at radius 2 is 1.72 bits per heavy atom. The first-order valence-corrected chi connectivity index (χ1v) is 5.46. The summed E-state index contributed by atoms with van der Waals surface area (Å²) in [5.74, 6) is -0.269. The van der Waals surface area contributed by atoms with Gasteiger partial charge in [-0.3, -0.25) is 4.79 Å². The van der Waals surface area contributed by atoms with E-state index < -0.39 is 5.75 Å². The van der Waals surface area contributed by atoms with Crippen molar-refractivity contribution >= 4 is 21.7 Å². The summed E-state index contributed by atoms with van der Waals surface area (Å²) in [4.78, 5) is 11.9. The van der Waals surface area contributed by atoms with Crippen molar-refractivity contribution in [1.82, 2.24) is 0 Å². The summed E-state index contributed by atoms with van der Waals surface area (Å²) < 4.78 is 5.52. The first kappa shape index (κ1) is 10.7. The van der Waals surface area contributed by atoms with E-state index in [9.17, 15) is 15.0 Å². The van der Waals surface area contributed by atoms with Crippen molar-refractivity contribution in [2.45, 2.75) is 6.92 Å². The van der Waals surface area contributed by atoms with Gasteiger partial charge in [0, 0.05) is 16.8 Å². The third-order valence-corrected chi connectivity index (χ3v) is 2.96. The standard InChI is InChI=1S/C14H10O4/c1-7-6-10(15)11-13(17)12(16)8-4-2-3-5-9(8)14(11)18-7/h2-6,16-17H,1H3. The third-order valence-electron chi connectivity index (χ3n) is 2.96. The van der Waals surface area contributed by atoms with Crippen LogP contribution < -0.4 is 5.43 Å². The molecule has 0 aliphatic heterocycles. The number of rotatable bonds is 0. The second-order valence-corrected chi connectivity index (χ2v) is 4.17. The second kappa shape index (κ2) is 3.50. The highest BCUT2D eigenvalue weighted by Gasteiger charge is 2.17. The first-order chi connectivity index (χ1) is 8.59. The molecular weight excluding hydrogens is 232 g/mol. The summed E-state index contributed by atoms with van der Waals surface area (Å²) in [6.45, 7) is 1.67. The van der Waals surface area contributed by atoms with Gasteiger partial charge in [0.15, 0.2) is 16.9 Å². The van der Waals surface area contributed by atoms with Gasteiger partial charge in [-0.05, 0) is 6.92 Å². The van der Waals surface area contributed by atoms with Crippen LogP contribution in [-0.4, -0.2) is 10.2 Å². The van der Waals surface area contributed by atoms with Gasteiger partial charge in [0.1, 0.15) is 16.7 Å². The van der Waals surface area contributed by atoms with Crippen LogP contribution in [0.2, 0.25) is 0 Å². The molecule has 2 aromatic carbocycles. The van der Waals surface area contributed by atoms with Crippen molar-refractivity contribution in [2.75, 3.05) is 0 Å². The predicted molar refractivity (Wildman–Crippen MR) is 68.1 cm³/mol. The lowest BCUT2D eigenvalue weighted by molar-refractivity contribution is 0.411. The molecule has 0 saturated heterocycles. The highest BCUT2D eigenvalue weighted by molar-refractivity contribution is 6.10. The minimum Gasteiger partial charge on any atom is -0.504 e. The van der Waals surface area contributed by atoms with Gasteiger partial charge in [0.25, 0.3) is 0 Å². The SMILES string of the molecule is Cc1cc(=O)c2c(O)c(O)c3ccccc3c2o1. The monoisotopic (exact) mass is 242 g/mol. The second-order valence-electron chi connectivity index (χ2n) is 4.17. The Labute approximate surface area is 102 Å². The van der Waals surface area contributed by atoms with E-state index in [-0.39, 0.29) is 16.6 Å². The highest BCUT2D eigenvalue weighted by Crippen LogP contribution is 2.40. The van der Waals surface area contributed by atoms with Crippen LogP contribution in [0, 0.1) is 6.92 Å². The Morgan fingerprint density at radius 1 is 1.06 bits per heavy atom. The summed E-state index contributed by atoms with van der Waals surface area (Å²) in [6.07, 6.45) is 0. The summed E-state index contributed by atoms with van der Waals surface area (Å²) in [6, 6.07) is 8.20. The Hall–Kier alpha value is -2.49. The third kappa shape index (κ3) is 1.29. The highest BCUT2D eigenvalue weighted by atomic mass is 16.3. The van der Waals surface area contributed by atoms with E-state index in [0.29, 0.717) is 22.1 Å². The number of hydrogen-bond acceptors (Lipinski definition) is 4. The molecule has 1 aromatic heterocycles. The molecule has 18 heavy (non-hydrogen) atoms. The number of phenols is 2. The molecule has 4 heteroatoms. The molecule has 4 nitrogen and oxygen atoms in total. The molecule has 2 N–H and O–H groups in total. The molecule has 3 rings (SSSR count). The number of benzene rings is 2. The van der Waals surface area contributed by atoms with Gasteiger partial charge in [0.2, 0.25) is 0 Å². The topological polar surface area (TPSA) is 70.7 Å². The van der Waals surface area contributed by atoms with E-state index in [4.69, 9.17) is 4.42 Å². The fourth-order valence-corrected chi connectivity index (χ4v) is 2.16. The van der Waals surface area contributed by atoms with Crippen LogP contribution >= 0.6 is 0 Å². The van der Waals surface area contributed by atoms with E-state index in [1.165, 1.54) is 6.07 Å². The zero-order valence-corrected chi connectivity index (χ0v) is 9.60. The van der Waals surface area contributed by atoms with Crippen LogP contribution in [0.4, 0.5) is 0 Å². The van der Waals surface area contributed by atoms with Gasteiger partial charge in [-0.25, -0.2) is 0 Å². The summed E-state index contributed by atoms with van der Waals surface area (Å²) in [5, 5.41) is 20.9. The van der Waals surface area contributed by atoms with E-state index in [0.717, 1.165) is 0 Å². The molecular formula is C14H10O4. The number of aromatic hydroxyl groups is 2. The fourth-order valence-electron chi connectivity index (χ4n) is 2.16. The number of aryl methyl sites for hydroxylation is 1. The predicted octanol–water partition coefficient (Wildman–Crippen LogP) is 2.67. The molecule has 0 aliphatic carbocycles. The molecule has 3 aromatic rings. The minimum absolute atomic E-state index is 0.0109. The lowest BCUT2D eigenvalue weighted by Crippen LogP contribution is -2.01. The average Bonchev–Trinajstić information content (AvgIpc) is 2.35. The molecule has 0 aliphatic rings. The van der Waals surface area contributed by atoms with Crippen LogP contribution in [0.1, 0.15) is 5.76 Å². The maximum atomic E-state index is 11.9. The Balaban J connectivity index is 2.74. The lowest BCUT2D eigenvalue weighted by atomic mass is 10.0. The zero-order chi connectivity index (χ0) is 12.9. The zero-order valence-electron chi connectivity index (χ0n) is 9.60. The minimum atomic E-state index is -0.433. The van der Waals surface area contributed by atoms with Crippen molar-refractivity contribution in [3.8, 4) is 11.5 Å². The van der Waals surface area contributed by atoms with Crippen LogP contribution in [0.5, 0.6) is 11.5 Å². The normalized spacial score (nSPS) is 11.2. The summed E-state index contributed by atoms with van der Waals surface area (Å²) in [5.41, 5.74) is -0.0711. The molecule has 0 fully saturated rings. The van der Waals surface area contributed by atoms with Gasteiger partial charge < -0.3 is 14.6 Å². The molecule has 0 bridgehead atoms. The van der Waals surface area contributed by atoms with Crippen LogP contribution in [-0.2, 0) is 0 Å². The van der Waals surface area contributed by atoms with Crippen LogP contribution in [0.25, 0.3) is 21.7 Å². The van der Waals surface area contributed by atoms with E-state index in [1.807, 2.05) is 0 Å². The number of phenolic OH excluding ortho intramolecular Hbond substituents is 2. The Kier molecular flexibility index (Phi) is 2.07. The molecule has 0 spiro atoms. The van der Waals surface area contributed by atoms with Crippen molar-refractivity contribution in [3.05, 3.63) is 46.3 Å². The largest absolute Gasteiger partial charge is 0.504 e. The van der Waals surface area contributed by atoms with Crippen molar-refractivity contribution in [3.63, 3.8) is 0 Å². The van der Waals surface area contributed by atoms with Gasteiger partial charge in [-0.1, -0.05) is 24.3 Å². The van der Waals surface area contributed by atoms with E-state index >= 15 is 0 Å². The molecule has 0 atom stereocenters. The van der Waals surface area contributed by atoms with E-state index in [1.54, 1.807) is 31.2 Å². The molecule has 0 saturated carbocycles. The van der Waals surface area contributed by atoms with Crippen molar-refractivity contribution < 1.29 is 14.6 Å². The van der Waals surface area contributed by atoms with Crippen molar-refractivity contribution in [1.29, 1.82) is 0 Å². The number of fused-ring (bicyclic) bond motifs is 3. The van der Waals surface area contributed by atoms with Gasteiger partial charge in [0.05, 0.1) is 0 Å². The molecule has 90 valence electrons. The maximum Gasteiger partial charge on any atom is 0.196 e. The van der Waals surface area contributed by atoms with Crippen LogP contribution in [0.3, 0.4) is 0 Å². The van der Waals surface area contributed by atoms with Gasteiger partial charge in [-0.2, -0.15) is 0 Å². The van der Waals surface area contributed by atoms with Crippen molar-refractivity contribution in [2.24, 2.45) is 0 Å². The molecule has 0 unspecified atom stereocenters. The molecule has 1 heterocycles. The molecule has 0 amide bonds. The van der Waals surface area contributed by atoms with Gasteiger partial charge in [-0.15, -0.1) is 0 Å². The summed E-state index contributed by atoms with van der Waals surface area (Å²) in [7, 11) is 0. The smallest absolute Gasteiger partial charge is 0.196 e. The van der Waals surface area contributed by atoms with Crippen LogP contribution in [0.15, 0.2) is 39.5 Å². The Morgan fingerprint density at radius 3 is 2.44 bits per heavy atom. The number of hydrogen-bond donors (Lipinski definition) is 2. The Bertz CT molecular complexity index is 830. The first-order valence-electron chi connectivity index (χ1n) is 5.46. The van der Waals surface area contributed by atoms with Gasteiger partial charge >= 0.3 is 0 Å². The quantitative estimate of drug-likeness (QED) is 0.469. The van der Waals surface area contributed by atoms with E-state index in [2.05, 4.69) is 0 Å². The maximum absolute atomic E-state index is 11.9. The fraction of sp³-hybridized carbons (Fsp3) is 0.0714. The molecule has 0 radical (unpaired) electrons. The lowest BCUT2D eigenvalue weighted by Gasteiger charge is -2.08.